The molecule has 2 aromatic carbocycles. The van der Waals surface area contributed by atoms with E-state index in [0.717, 1.165) is 11.0 Å². The van der Waals surface area contributed by atoms with Crippen LogP contribution in [0.5, 0.6) is 0 Å². The Bertz CT molecular complexity index is 644. The number of fused-ring (bicyclic) bond motifs is 2. The molecule has 4 rings (SSSR count). The second-order valence-electron chi connectivity index (χ2n) is 4.39. The largest absolute Gasteiger partial charge is 0.307 e. The summed E-state index contributed by atoms with van der Waals surface area (Å²) in [5.74, 6) is 0. The molecule has 0 spiro atoms. The Kier molecular flexibility index (Phi) is 5.76. The fourth-order valence-corrected chi connectivity index (χ4v) is 2.03. The normalized spacial score (nSPS) is 9.27. The van der Waals surface area contributed by atoms with Crippen molar-refractivity contribution in [3.63, 3.8) is 0 Å². The second-order valence-corrected chi connectivity index (χ2v) is 4.39. The molecule has 0 saturated heterocycles. The Balaban J connectivity index is 0.000000144. The Morgan fingerprint density at radius 2 is 0.909 bits per heavy atom. The van der Waals surface area contributed by atoms with Gasteiger partial charge < -0.3 is 4.79 Å². The third-order valence-corrected chi connectivity index (χ3v) is 3.02. The lowest BCUT2D eigenvalue weighted by Crippen LogP contribution is -1.73. The maximum Gasteiger partial charge on any atom is 0.106 e. The van der Waals surface area contributed by atoms with E-state index in [2.05, 4.69) is 34.2 Å². The average molecular weight is 288 g/mol. The van der Waals surface area contributed by atoms with Crippen molar-refractivity contribution in [2.45, 2.75) is 0 Å². The number of aromatic nitrogens is 2. The molecule has 4 aromatic rings. The Labute approximate surface area is 129 Å². The summed E-state index contributed by atoms with van der Waals surface area (Å²) >= 11 is 0. The van der Waals surface area contributed by atoms with Crippen molar-refractivity contribution in [1.82, 2.24) is 9.97 Å². The van der Waals surface area contributed by atoms with Gasteiger partial charge in [0, 0.05) is 23.2 Å². The quantitative estimate of drug-likeness (QED) is 0.485. The highest BCUT2D eigenvalue weighted by Crippen LogP contribution is 2.08. The first-order valence-corrected chi connectivity index (χ1v) is 6.82. The van der Waals surface area contributed by atoms with Crippen molar-refractivity contribution >= 4 is 28.6 Å². The first-order valence-electron chi connectivity index (χ1n) is 6.82. The zero-order chi connectivity index (χ0) is 15.6. The molecule has 22 heavy (non-hydrogen) atoms. The number of rotatable bonds is 0. The highest BCUT2D eigenvalue weighted by Gasteiger charge is 1.87. The minimum atomic E-state index is 1.06. The molecular formula is C19H16N2O. The van der Waals surface area contributed by atoms with E-state index >= 15 is 0 Å². The highest BCUT2D eigenvalue weighted by molar-refractivity contribution is 5.78. The molecule has 0 N–H and O–H groups in total. The molecule has 0 radical (unpaired) electrons. The van der Waals surface area contributed by atoms with Crippen molar-refractivity contribution in [1.29, 1.82) is 0 Å². The van der Waals surface area contributed by atoms with Crippen LogP contribution in [0.25, 0.3) is 21.8 Å². The first-order chi connectivity index (χ1) is 10.9. The van der Waals surface area contributed by atoms with Crippen LogP contribution in [0.3, 0.4) is 0 Å². The summed E-state index contributed by atoms with van der Waals surface area (Å²) in [6, 6.07) is 24.2. The molecular weight excluding hydrogens is 272 g/mol. The van der Waals surface area contributed by atoms with Crippen molar-refractivity contribution in [3.8, 4) is 0 Å². The maximum absolute atomic E-state index is 8.00. The number of hydrogen-bond acceptors (Lipinski definition) is 3. The Morgan fingerprint density at radius 3 is 1.32 bits per heavy atom. The Morgan fingerprint density at radius 1 is 0.545 bits per heavy atom. The van der Waals surface area contributed by atoms with Crippen LogP contribution in [0, 0.1) is 0 Å². The molecule has 0 amide bonds. The summed E-state index contributed by atoms with van der Waals surface area (Å²) in [4.78, 5) is 16.4. The van der Waals surface area contributed by atoms with Gasteiger partial charge in [0.1, 0.15) is 6.79 Å². The van der Waals surface area contributed by atoms with Crippen LogP contribution < -0.4 is 0 Å². The topological polar surface area (TPSA) is 42.9 Å². The zero-order valence-electron chi connectivity index (χ0n) is 12.1. The third-order valence-electron chi connectivity index (χ3n) is 3.02. The van der Waals surface area contributed by atoms with Gasteiger partial charge in [0.2, 0.25) is 0 Å². The maximum atomic E-state index is 8.00. The van der Waals surface area contributed by atoms with Crippen molar-refractivity contribution in [3.05, 3.63) is 85.2 Å². The molecule has 0 bridgehead atoms. The van der Waals surface area contributed by atoms with E-state index in [1.165, 1.54) is 10.8 Å². The first kappa shape index (κ1) is 15.3. The van der Waals surface area contributed by atoms with Crippen LogP contribution in [-0.4, -0.2) is 16.8 Å². The predicted octanol–water partition coefficient (Wildman–Crippen LogP) is 4.28. The summed E-state index contributed by atoms with van der Waals surface area (Å²) < 4.78 is 0. The SMILES string of the molecule is C=O.c1ccc2ncccc2c1.c1ccc2ncccc2c1. The van der Waals surface area contributed by atoms with E-state index in [9.17, 15) is 0 Å². The average Bonchev–Trinajstić information content (AvgIpc) is 2.64. The third kappa shape index (κ3) is 3.96. The lowest BCUT2D eigenvalue weighted by molar-refractivity contribution is -0.0979. The van der Waals surface area contributed by atoms with Crippen LogP contribution >= 0.6 is 0 Å². The summed E-state index contributed by atoms with van der Waals surface area (Å²) in [6.07, 6.45) is 3.62. The van der Waals surface area contributed by atoms with Gasteiger partial charge in [-0.05, 0) is 24.3 Å². The molecule has 0 unspecified atom stereocenters. The lowest BCUT2D eigenvalue weighted by Gasteiger charge is -1.91. The smallest absolute Gasteiger partial charge is 0.106 e. The van der Waals surface area contributed by atoms with Gasteiger partial charge in [-0.2, -0.15) is 0 Å². The van der Waals surface area contributed by atoms with Crippen LogP contribution in [0.2, 0.25) is 0 Å². The molecule has 3 heteroatoms. The highest BCUT2D eigenvalue weighted by atomic mass is 16.1. The molecule has 3 nitrogen and oxygen atoms in total. The van der Waals surface area contributed by atoms with Crippen LogP contribution in [0.4, 0.5) is 0 Å². The molecule has 2 aromatic heterocycles. The van der Waals surface area contributed by atoms with Gasteiger partial charge in [0.25, 0.3) is 0 Å². The van der Waals surface area contributed by atoms with E-state index in [0.29, 0.717) is 0 Å². The van der Waals surface area contributed by atoms with E-state index in [-0.39, 0.29) is 0 Å². The summed E-state index contributed by atoms with van der Waals surface area (Å²) in [7, 11) is 0. The van der Waals surface area contributed by atoms with Crippen molar-refractivity contribution < 1.29 is 4.79 Å². The molecule has 108 valence electrons. The minimum Gasteiger partial charge on any atom is -0.307 e. The number of pyridine rings is 2. The number of hydrogen-bond donors (Lipinski definition) is 0. The predicted molar refractivity (Wildman–Crippen MR) is 90.6 cm³/mol. The van der Waals surface area contributed by atoms with E-state index < -0.39 is 0 Å². The zero-order valence-corrected chi connectivity index (χ0v) is 12.1. The molecule has 0 aliphatic rings. The number of para-hydroxylation sites is 2. The van der Waals surface area contributed by atoms with Gasteiger partial charge in [-0.3, -0.25) is 9.97 Å². The van der Waals surface area contributed by atoms with Gasteiger partial charge in [0.05, 0.1) is 11.0 Å². The standard InChI is InChI=1S/2C9H7N.CH2O/c2*1-2-6-9-8(4-1)5-3-7-10-9;1-2/h2*1-7H;1H2. The fraction of sp³-hybridized carbons (Fsp3) is 0. The fourth-order valence-electron chi connectivity index (χ4n) is 2.03. The van der Waals surface area contributed by atoms with Gasteiger partial charge in [-0.15, -0.1) is 0 Å². The lowest BCUT2D eigenvalue weighted by atomic mass is 10.2. The van der Waals surface area contributed by atoms with Crippen molar-refractivity contribution in [2.75, 3.05) is 0 Å². The van der Waals surface area contributed by atoms with E-state index in [4.69, 9.17) is 4.79 Å². The molecule has 0 aliphatic carbocycles. The summed E-state index contributed by atoms with van der Waals surface area (Å²) in [5.41, 5.74) is 2.12. The number of carbonyl (C=O) groups is 1. The summed E-state index contributed by atoms with van der Waals surface area (Å²) in [6.45, 7) is 2.00. The number of nitrogens with zero attached hydrogens (tertiary/aromatic N) is 2. The van der Waals surface area contributed by atoms with Crippen LogP contribution in [0.15, 0.2) is 85.2 Å². The monoisotopic (exact) mass is 288 g/mol. The molecule has 0 fully saturated rings. The van der Waals surface area contributed by atoms with Gasteiger partial charge in [0.15, 0.2) is 0 Å². The summed E-state index contributed by atoms with van der Waals surface area (Å²) in [5, 5.41) is 2.40. The molecule has 0 atom stereocenters. The molecule has 0 saturated carbocycles. The van der Waals surface area contributed by atoms with Gasteiger partial charge >= 0.3 is 0 Å². The van der Waals surface area contributed by atoms with Crippen molar-refractivity contribution in [2.24, 2.45) is 0 Å². The van der Waals surface area contributed by atoms with Crippen LogP contribution in [0.1, 0.15) is 0 Å². The Hall–Kier alpha value is -3.07. The molecule has 2 heterocycles. The minimum absolute atomic E-state index is 1.06. The second kappa shape index (κ2) is 8.27. The number of benzene rings is 2. The molecule has 0 aliphatic heterocycles. The van der Waals surface area contributed by atoms with Crippen LogP contribution in [-0.2, 0) is 4.79 Å². The number of carbonyl (C=O) groups excluding carboxylic acids is 1. The van der Waals surface area contributed by atoms with Gasteiger partial charge in [-0.25, -0.2) is 0 Å². The van der Waals surface area contributed by atoms with E-state index in [1.54, 1.807) is 0 Å². The van der Waals surface area contributed by atoms with E-state index in [1.807, 2.05) is 67.7 Å². The van der Waals surface area contributed by atoms with Gasteiger partial charge in [-0.1, -0.05) is 48.5 Å².